The number of hydrogen-bond acceptors (Lipinski definition) is 2. The van der Waals surface area contributed by atoms with Crippen molar-refractivity contribution in [3.05, 3.63) is 12.4 Å². The van der Waals surface area contributed by atoms with Crippen LogP contribution in [0.2, 0.25) is 0 Å². The molecule has 0 spiro atoms. The van der Waals surface area contributed by atoms with Crippen molar-refractivity contribution in [1.82, 2.24) is 9.80 Å². The van der Waals surface area contributed by atoms with Gasteiger partial charge in [-0.2, -0.15) is 0 Å². The molecule has 0 bridgehead atoms. The molecule has 1 rings (SSSR count). The molecule has 44 heavy (non-hydrogen) atoms. The fraction of sp³-hybridized carbons (Fsp3) is 0.952. The van der Waals surface area contributed by atoms with Crippen LogP contribution in [-0.4, -0.2) is 29.1 Å². The Hall–Kier alpha value is -0.660. The van der Waals surface area contributed by atoms with Gasteiger partial charge < -0.3 is 9.80 Å². The molecule has 0 saturated carbocycles. The minimum atomic E-state index is 0.639. The first-order chi connectivity index (χ1) is 21.8. The molecule has 0 fully saturated rings. The third-order valence-electron chi connectivity index (χ3n) is 10.3. The summed E-state index contributed by atoms with van der Waals surface area (Å²) in [6.45, 7) is 9.48. The SMILES string of the molecule is CCCCCCCCCCCCCCCCCC1N(CCCCCCCCCC)C=CN1CCCCCCCCCCCC. The van der Waals surface area contributed by atoms with E-state index in [1.54, 1.807) is 0 Å². The minimum absolute atomic E-state index is 0.639. The quantitative estimate of drug-likeness (QED) is 0.0646. The lowest BCUT2D eigenvalue weighted by atomic mass is 10.0. The van der Waals surface area contributed by atoms with Crippen LogP contribution >= 0.6 is 0 Å². The molecular formula is C42H84N2. The first-order valence-electron chi connectivity index (χ1n) is 21.0. The van der Waals surface area contributed by atoms with Crippen molar-refractivity contribution in [2.75, 3.05) is 13.1 Å². The predicted molar refractivity (Wildman–Crippen MR) is 200 cm³/mol. The molecule has 0 radical (unpaired) electrons. The van der Waals surface area contributed by atoms with Crippen molar-refractivity contribution in [1.29, 1.82) is 0 Å². The van der Waals surface area contributed by atoms with Gasteiger partial charge >= 0.3 is 0 Å². The summed E-state index contributed by atoms with van der Waals surface area (Å²) in [5, 5.41) is 0. The fourth-order valence-electron chi connectivity index (χ4n) is 7.25. The molecule has 0 aliphatic carbocycles. The first kappa shape index (κ1) is 41.4. The maximum absolute atomic E-state index is 2.72. The van der Waals surface area contributed by atoms with Gasteiger partial charge in [-0.05, 0) is 25.7 Å². The zero-order chi connectivity index (χ0) is 31.6. The molecule has 1 unspecified atom stereocenters. The molecule has 1 heterocycles. The molecular weight excluding hydrogens is 532 g/mol. The lowest BCUT2D eigenvalue weighted by molar-refractivity contribution is 0.135. The second kappa shape index (κ2) is 33.7. The number of rotatable bonds is 36. The van der Waals surface area contributed by atoms with Crippen molar-refractivity contribution in [3.63, 3.8) is 0 Å². The summed E-state index contributed by atoms with van der Waals surface area (Å²) in [4.78, 5) is 5.44. The van der Waals surface area contributed by atoms with Crippen LogP contribution in [-0.2, 0) is 0 Å². The summed E-state index contributed by atoms with van der Waals surface area (Å²) in [5.74, 6) is 0. The van der Waals surface area contributed by atoms with E-state index in [2.05, 4.69) is 43.0 Å². The summed E-state index contributed by atoms with van der Waals surface area (Å²) in [5.41, 5.74) is 0. The van der Waals surface area contributed by atoms with Crippen LogP contribution < -0.4 is 0 Å². The van der Waals surface area contributed by atoms with Crippen LogP contribution in [0.15, 0.2) is 12.4 Å². The van der Waals surface area contributed by atoms with E-state index >= 15 is 0 Å². The van der Waals surface area contributed by atoms with Crippen molar-refractivity contribution < 1.29 is 0 Å². The van der Waals surface area contributed by atoms with E-state index in [4.69, 9.17) is 0 Å². The molecule has 1 aliphatic heterocycles. The standard InChI is InChI=1S/C42H84N2/c1-4-7-10-13-16-19-21-22-23-24-25-26-28-31-34-37-42-43(38-35-32-29-18-15-12-9-6-3)40-41-44(42)39-36-33-30-27-20-17-14-11-8-5-2/h40-42H,4-39H2,1-3H3. The van der Waals surface area contributed by atoms with E-state index in [0.29, 0.717) is 6.17 Å². The molecule has 0 aromatic carbocycles. The van der Waals surface area contributed by atoms with Crippen LogP contribution in [0.5, 0.6) is 0 Å². The average molecular weight is 617 g/mol. The summed E-state index contributed by atoms with van der Waals surface area (Å²) < 4.78 is 0. The average Bonchev–Trinajstić information content (AvgIpc) is 3.42. The summed E-state index contributed by atoms with van der Waals surface area (Å²) in [6.07, 6.45) is 54.4. The Labute approximate surface area is 280 Å². The summed E-state index contributed by atoms with van der Waals surface area (Å²) >= 11 is 0. The van der Waals surface area contributed by atoms with Crippen LogP contribution in [0.4, 0.5) is 0 Å². The van der Waals surface area contributed by atoms with Crippen LogP contribution in [0.3, 0.4) is 0 Å². The molecule has 0 aromatic heterocycles. The van der Waals surface area contributed by atoms with E-state index in [1.807, 2.05) is 0 Å². The largest absolute Gasteiger partial charge is 0.356 e. The normalized spacial score (nSPS) is 14.8. The van der Waals surface area contributed by atoms with Gasteiger partial charge in [0, 0.05) is 25.5 Å². The van der Waals surface area contributed by atoms with Gasteiger partial charge in [-0.1, -0.05) is 213 Å². The highest BCUT2D eigenvalue weighted by Crippen LogP contribution is 2.24. The van der Waals surface area contributed by atoms with E-state index in [1.165, 1.54) is 231 Å². The smallest absolute Gasteiger partial charge is 0.101 e. The minimum Gasteiger partial charge on any atom is -0.356 e. The fourth-order valence-corrected chi connectivity index (χ4v) is 7.25. The Bertz CT molecular complexity index is 572. The monoisotopic (exact) mass is 617 g/mol. The van der Waals surface area contributed by atoms with Crippen molar-refractivity contribution in [2.45, 2.75) is 245 Å². The predicted octanol–water partition coefficient (Wildman–Crippen LogP) is 14.7. The lowest BCUT2D eigenvalue weighted by Gasteiger charge is -2.33. The Morgan fingerprint density at radius 2 is 0.523 bits per heavy atom. The van der Waals surface area contributed by atoms with Crippen LogP contribution in [0, 0.1) is 0 Å². The second-order valence-corrected chi connectivity index (χ2v) is 14.6. The van der Waals surface area contributed by atoms with Gasteiger partial charge in [-0.3, -0.25) is 0 Å². The molecule has 1 atom stereocenters. The first-order valence-corrected chi connectivity index (χ1v) is 21.0. The third kappa shape index (κ3) is 25.5. The van der Waals surface area contributed by atoms with Crippen molar-refractivity contribution in [3.8, 4) is 0 Å². The third-order valence-corrected chi connectivity index (χ3v) is 10.3. The van der Waals surface area contributed by atoms with Crippen LogP contribution in [0.25, 0.3) is 0 Å². The van der Waals surface area contributed by atoms with E-state index in [0.717, 1.165) is 0 Å². The highest BCUT2D eigenvalue weighted by molar-refractivity contribution is 4.97. The van der Waals surface area contributed by atoms with Gasteiger partial charge in [0.25, 0.3) is 0 Å². The Morgan fingerprint density at radius 1 is 0.295 bits per heavy atom. The van der Waals surface area contributed by atoms with Gasteiger partial charge in [0.05, 0.1) is 0 Å². The van der Waals surface area contributed by atoms with Gasteiger partial charge in [0.1, 0.15) is 6.17 Å². The van der Waals surface area contributed by atoms with Gasteiger partial charge in [-0.15, -0.1) is 0 Å². The summed E-state index contributed by atoms with van der Waals surface area (Å²) in [7, 11) is 0. The Balaban J connectivity index is 2.19. The van der Waals surface area contributed by atoms with E-state index in [9.17, 15) is 0 Å². The van der Waals surface area contributed by atoms with Crippen molar-refractivity contribution >= 4 is 0 Å². The molecule has 262 valence electrons. The maximum Gasteiger partial charge on any atom is 0.101 e. The molecule has 2 heteroatoms. The Morgan fingerprint density at radius 3 is 0.795 bits per heavy atom. The van der Waals surface area contributed by atoms with Crippen LogP contribution in [0.1, 0.15) is 239 Å². The number of unbranched alkanes of at least 4 members (excludes halogenated alkanes) is 30. The van der Waals surface area contributed by atoms with E-state index < -0.39 is 0 Å². The molecule has 0 saturated heterocycles. The van der Waals surface area contributed by atoms with Crippen molar-refractivity contribution in [2.24, 2.45) is 0 Å². The molecule has 1 aliphatic rings. The van der Waals surface area contributed by atoms with Gasteiger partial charge in [0.15, 0.2) is 0 Å². The molecule has 0 N–H and O–H groups in total. The maximum atomic E-state index is 2.72. The van der Waals surface area contributed by atoms with Gasteiger partial charge in [0.2, 0.25) is 0 Å². The zero-order valence-corrected chi connectivity index (χ0v) is 31.1. The summed E-state index contributed by atoms with van der Waals surface area (Å²) in [6, 6.07) is 0. The van der Waals surface area contributed by atoms with Gasteiger partial charge in [-0.25, -0.2) is 0 Å². The molecule has 0 amide bonds. The zero-order valence-electron chi connectivity index (χ0n) is 31.1. The molecule has 2 nitrogen and oxygen atoms in total. The van der Waals surface area contributed by atoms with E-state index in [-0.39, 0.29) is 0 Å². The highest BCUT2D eigenvalue weighted by Gasteiger charge is 2.24. The lowest BCUT2D eigenvalue weighted by Crippen LogP contribution is -2.39. The number of hydrogen-bond donors (Lipinski definition) is 0. The topological polar surface area (TPSA) is 6.48 Å². The molecule has 0 aromatic rings. The second-order valence-electron chi connectivity index (χ2n) is 14.6. The highest BCUT2D eigenvalue weighted by atomic mass is 15.4. The Kier molecular flexibility index (Phi) is 31.7. The number of nitrogens with zero attached hydrogens (tertiary/aromatic N) is 2.